The number of aromatic nitrogens is 2. The highest BCUT2D eigenvalue weighted by Gasteiger charge is 2.25. The minimum Gasteiger partial charge on any atom is -0.489 e. The van der Waals surface area contributed by atoms with Gasteiger partial charge in [-0.15, -0.1) is 11.3 Å². The molecule has 0 atom stereocenters. The molecule has 0 spiro atoms. The molecule has 1 N–H and O–H groups in total. The number of benzene rings is 1. The zero-order valence-corrected chi connectivity index (χ0v) is 19.7. The summed E-state index contributed by atoms with van der Waals surface area (Å²) in [5.74, 6) is 0.831. The number of carbonyl (C=O) groups is 1. The summed E-state index contributed by atoms with van der Waals surface area (Å²) in [7, 11) is 1.44. The first kappa shape index (κ1) is 23.5. The van der Waals surface area contributed by atoms with Crippen molar-refractivity contribution in [3.8, 4) is 5.75 Å². The molecule has 0 bridgehead atoms. The topological polar surface area (TPSA) is 84.7 Å². The third-order valence-corrected chi connectivity index (χ3v) is 5.62. The van der Waals surface area contributed by atoms with Gasteiger partial charge in [-0.25, -0.2) is 9.78 Å². The van der Waals surface area contributed by atoms with Crippen molar-refractivity contribution in [1.82, 2.24) is 9.55 Å². The predicted molar refractivity (Wildman–Crippen MR) is 131 cm³/mol. The van der Waals surface area contributed by atoms with Crippen LogP contribution >= 0.6 is 11.3 Å². The number of ether oxygens (including phenoxy) is 1. The van der Waals surface area contributed by atoms with Gasteiger partial charge in [0, 0.05) is 24.4 Å². The Kier molecular flexibility index (Phi) is 7.69. The van der Waals surface area contributed by atoms with E-state index in [1.54, 1.807) is 11.6 Å². The number of fused-ring (bicyclic) bond motifs is 1. The van der Waals surface area contributed by atoms with Gasteiger partial charge in [-0.2, -0.15) is 0 Å². The van der Waals surface area contributed by atoms with Crippen molar-refractivity contribution in [2.45, 2.75) is 40.2 Å². The molecule has 3 aromatic rings. The summed E-state index contributed by atoms with van der Waals surface area (Å²) in [5.41, 5.74) is 3.27. The molecule has 0 aliphatic rings. The third kappa shape index (κ3) is 5.19. The molecule has 2 heterocycles. The summed E-state index contributed by atoms with van der Waals surface area (Å²) < 4.78 is 7.67. The van der Waals surface area contributed by atoms with Crippen LogP contribution < -0.4 is 15.2 Å². The Labute approximate surface area is 191 Å². The highest BCUT2D eigenvalue weighted by Crippen LogP contribution is 2.36. The molecule has 0 fully saturated rings. The standard InChI is InChI=1S/C24H29N3O4S/c1-5-6-11-31-21-20-12-17(7-9-18-14-32-15-25-18)8-10-19(20)23(28)27(13-16(2)3)22(21)26(4)24(29)30/h7-10,12,14-16H,5-6,11,13H2,1-4H3,(H,29,30)/b9-7+. The van der Waals surface area contributed by atoms with E-state index in [4.69, 9.17) is 4.74 Å². The van der Waals surface area contributed by atoms with E-state index < -0.39 is 6.09 Å². The number of nitrogens with zero attached hydrogens (tertiary/aromatic N) is 3. The largest absolute Gasteiger partial charge is 0.489 e. The minimum atomic E-state index is -1.15. The number of amides is 1. The van der Waals surface area contributed by atoms with Crippen molar-refractivity contribution in [1.29, 1.82) is 0 Å². The van der Waals surface area contributed by atoms with Gasteiger partial charge in [0.25, 0.3) is 5.56 Å². The molecule has 0 saturated heterocycles. The highest BCUT2D eigenvalue weighted by atomic mass is 32.1. The lowest BCUT2D eigenvalue weighted by Crippen LogP contribution is -2.34. The van der Waals surface area contributed by atoms with Gasteiger partial charge in [0.2, 0.25) is 0 Å². The highest BCUT2D eigenvalue weighted by molar-refractivity contribution is 7.07. The number of hydrogen-bond donors (Lipinski definition) is 1. The summed E-state index contributed by atoms with van der Waals surface area (Å²) in [6, 6.07) is 5.54. The van der Waals surface area contributed by atoms with Crippen molar-refractivity contribution in [2.24, 2.45) is 5.92 Å². The average Bonchev–Trinajstić information content (AvgIpc) is 3.28. The molecule has 2 aromatic heterocycles. The zero-order chi connectivity index (χ0) is 23.3. The van der Waals surface area contributed by atoms with Gasteiger partial charge < -0.3 is 9.84 Å². The van der Waals surface area contributed by atoms with Gasteiger partial charge in [0.15, 0.2) is 11.6 Å². The summed E-state index contributed by atoms with van der Waals surface area (Å²) in [6.07, 6.45) is 4.44. The van der Waals surface area contributed by atoms with E-state index in [-0.39, 0.29) is 17.3 Å². The Morgan fingerprint density at radius 2 is 2.09 bits per heavy atom. The predicted octanol–water partition coefficient (Wildman–Crippen LogP) is 5.58. The second kappa shape index (κ2) is 10.5. The molecule has 0 aliphatic carbocycles. The smallest absolute Gasteiger partial charge is 0.412 e. The first-order chi connectivity index (χ1) is 15.3. The van der Waals surface area contributed by atoms with Gasteiger partial charge in [-0.1, -0.05) is 39.3 Å². The molecule has 32 heavy (non-hydrogen) atoms. The van der Waals surface area contributed by atoms with Crippen LogP contribution in [0.2, 0.25) is 0 Å². The summed E-state index contributed by atoms with van der Waals surface area (Å²) >= 11 is 1.52. The van der Waals surface area contributed by atoms with Crippen LogP contribution in [0.25, 0.3) is 22.9 Å². The summed E-state index contributed by atoms with van der Waals surface area (Å²) in [4.78, 5) is 30.6. The maximum absolute atomic E-state index is 13.4. The van der Waals surface area contributed by atoms with Gasteiger partial charge in [0.05, 0.1) is 23.2 Å². The second-order valence-corrected chi connectivity index (χ2v) is 8.78. The number of carboxylic acid groups (broad SMARTS) is 1. The first-order valence-electron chi connectivity index (χ1n) is 10.7. The Morgan fingerprint density at radius 3 is 2.72 bits per heavy atom. The molecule has 8 heteroatoms. The number of anilines is 1. The van der Waals surface area contributed by atoms with E-state index in [1.807, 2.05) is 43.5 Å². The zero-order valence-electron chi connectivity index (χ0n) is 18.9. The normalized spacial score (nSPS) is 11.5. The van der Waals surface area contributed by atoms with Crippen LogP contribution in [0.1, 0.15) is 44.9 Å². The number of thiazole rings is 1. The molecule has 170 valence electrons. The Bertz CT molecular complexity index is 1170. The van der Waals surface area contributed by atoms with Gasteiger partial charge in [-0.3, -0.25) is 14.3 Å². The lowest BCUT2D eigenvalue weighted by atomic mass is 10.1. The fraction of sp³-hybridized carbons (Fsp3) is 0.375. The van der Waals surface area contributed by atoms with E-state index in [0.717, 1.165) is 29.0 Å². The van der Waals surface area contributed by atoms with Crippen LogP contribution in [0.3, 0.4) is 0 Å². The molecule has 0 unspecified atom stereocenters. The van der Waals surface area contributed by atoms with Crippen LogP contribution in [0.5, 0.6) is 5.75 Å². The van der Waals surface area contributed by atoms with Gasteiger partial charge in [0.1, 0.15) is 0 Å². The lowest BCUT2D eigenvalue weighted by Gasteiger charge is -2.25. The van der Waals surface area contributed by atoms with E-state index >= 15 is 0 Å². The van der Waals surface area contributed by atoms with E-state index in [0.29, 0.717) is 29.7 Å². The van der Waals surface area contributed by atoms with Crippen molar-refractivity contribution in [3.05, 3.63) is 50.7 Å². The summed E-state index contributed by atoms with van der Waals surface area (Å²) in [5, 5.41) is 12.8. The Balaban J connectivity index is 2.26. The van der Waals surface area contributed by atoms with Crippen LogP contribution in [0.4, 0.5) is 10.6 Å². The molecular weight excluding hydrogens is 426 g/mol. The van der Waals surface area contributed by atoms with Crippen molar-refractivity contribution >= 4 is 46.2 Å². The molecule has 0 saturated carbocycles. The molecule has 0 radical (unpaired) electrons. The minimum absolute atomic E-state index is 0.148. The average molecular weight is 456 g/mol. The van der Waals surface area contributed by atoms with Crippen molar-refractivity contribution in [3.63, 3.8) is 0 Å². The SMILES string of the molecule is CCCCOc1c(N(C)C(=O)O)n(CC(C)C)c(=O)c2ccc(/C=C/c3cscn3)cc12. The van der Waals surface area contributed by atoms with E-state index in [1.165, 1.54) is 23.0 Å². The molecular formula is C24H29N3O4S. The quantitative estimate of drug-likeness (QED) is 0.426. The van der Waals surface area contributed by atoms with Gasteiger partial charge >= 0.3 is 6.09 Å². The number of hydrogen-bond acceptors (Lipinski definition) is 5. The molecule has 7 nitrogen and oxygen atoms in total. The maximum Gasteiger partial charge on any atom is 0.412 e. The Hall–Kier alpha value is -3.13. The fourth-order valence-electron chi connectivity index (χ4n) is 3.43. The van der Waals surface area contributed by atoms with Crippen LogP contribution in [-0.4, -0.2) is 34.4 Å². The second-order valence-electron chi connectivity index (χ2n) is 8.06. The first-order valence-corrected chi connectivity index (χ1v) is 11.6. The number of pyridine rings is 1. The molecule has 1 amide bonds. The van der Waals surface area contributed by atoms with Crippen LogP contribution in [-0.2, 0) is 6.54 Å². The van der Waals surface area contributed by atoms with E-state index in [9.17, 15) is 14.7 Å². The molecule has 1 aromatic carbocycles. The lowest BCUT2D eigenvalue weighted by molar-refractivity contribution is 0.202. The van der Waals surface area contributed by atoms with Crippen LogP contribution in [0, 0.1) is 5.92 Å². The van der Waals surface area contributed by atoms with E-state index in [2.05, 4.69) is 11.9 Å². The van der Waals surface area contributed by atoms with Crippen molar-refractivity contribution < 1.29 is 14.6 Å². The summed E-state index contributed by atoms with van der Waals surface area (Å²) in [6.45, 7) is 6.87. The molecule has 3 rings (SSSR count). The van der Waals surface area contributed by atoms with Gasteiger partial charge in [-0.05, 0) is 36.1 Å². The fourth-order valence-corrected chi connectivity index (χ4v) is 3.95. The monoisotopic (exact) mass is 455 g/mol. The van der Waals surface area contributed by atoms with Crippen molar-refractivity contribution in [2.75, 3.05) is 18.6 Å². The molecule has 0 aliphatic heterocycles. The Morgan fingerprint density at radius 1 is 1.31 bits per heavy atom. The number of unbranched alkanes of at least 4 members (excludes halogenated alkanes) is 1. The third-order valence-electron chi connectivity index (χ3n) is 5.02. The number of rotatable bonds is 9. The maximum atomic E-state index is 13.4. The van der Waals surface area contributed by atoms with Crippen LogP contribution in [0.15, 0.2) is 33.9 Å².